The van der Waals surface area contributed by atoms with Gasteiger partial charge in [0, 0.05) is 6.04 Å². The molecule has 1 saturated carbocycles. The highest BCUT2D eigenvalue weighted by molar-refractivity contribution is 5.84. The van der Waals surface area contributed by atoms with Crippen molar-refractivity contribution in [2.75, 3.05) is 13.7 Å². The van der Waals surface area contributed by atoms with Crippen LogP contribution in [-0.4, -0.2) is 24.9 Å². The Balaban J connectivity index is 1.91. The normalized spacial score (nSPS) is 16.5. The fourth-order valence-corrected chi connectivity index (χ4v) is 2.37. The molecule has 0 aromatic heterocycles. The van der Waals surface area contributed by atoms with Gasteiger partial charge in [0.2, 0.25) is 0 Å². The van der Waals surface area contributed by atoms with Gasteiger partial charge < -0.3 is 15.2 Å². The van der Waals surface area contributed by atoms with Crippen molar-refractivity contribution in [2.45, 2.75) is 24.9 Å². The Kier molecular flexibility index (Phi) is 3.40. The minimum Gasteiger partial charge on any atom is -0.497 e. The van der Waals surface area contributed by atoms with Crippen molar-refractivity contribution in [1.29, 1.82) is 0 Å². The van der Waals surface area contributed by atoms with Gasteiger partial charge in [-0.2, -0.15) is 0 Å². The molecule has 1 fully saturated rings. The second kappa shape index (κ2) is 5.19. The van der Waals surface area contributed by atoms with Crippen LogP contribution in [0.3, 0.4) is 0 Å². The summed E-state index contributed by atoms with van der Waals surface area (Å²) in [5, 5.41) is 15.3. The Morgan fingerprint density at radius 1 is 1.21 bits per heavy atom. The molecule has 3 nitrogen and oxygen atoms in total. The molecule has 100 valence electrons. The van der Waals surface area contributed by atoms with Crippen molar-refractivity contribution in [1.82, 2.24) is 5.32 Å². The number of benzene rings is 2. The third-order valence-electron chi connectivity index (χ3n) is 3.67. The van der Waals surface area contributed by atoms with Crippen LogP contribution in [0.2, 0.25) is 0 Å². The SMILES string of the molecule is COc1ccc2cc(C(CO)NC3CC3)ccc2c1. The van der Waals surface area contributed by atoms with Crippen LogP contribution in [0.4, 0.5) is 0 Å². The molecule has 0 heterocycles. The number of aliphatic hydroxyl groups excluding tert-OH is 1. The predicted molar refractivity (Wildman–Crippen MR) is 76.5 cm³/mol. The second-order valence-electron chi connectivity index (χ2n) is 5.15. The zero-order valence-corrected chi connectivity index (χ0v) is 11.1. The summed E-state index contributed by atoms with van der Waals surface area (Å²) in [6, 6.07) is 13.0. The van der Waals surface area contributed by atoms with Crippen molar-refractivity contribution in [3.05, 3.63) is 42.0 Å². The van der Waals surface area contributed by atoms with Gasteiger partial charge in [0.25, 0.3) is 0 Å². The van der Waals surface area contributed by atoms with E-state index in [0.717, 1.165) is 16.7 Å². The average molecular weight is 257 g/mol. The highest BCUT2D eigenvalue weighted by atomic mass is 16.5. The maximum absolute atomic E-state index is 9.53. The van der Waals surface area contributed by atoms with E-state index >= 15 is 0 Å². The van der Waals surface area contributed by atoms with E-state index in [1.165, 1.54) is 18.2 Å². The van der Waals surface area contributed by atoms with Gasteiger partial charge in [-0.1, -0.05) is 18.2 Å². The first-order chi connectivity index (χ1) is 9.30. The molecule has 0 radical (unpaired) electrons. The van der Waals surface area contributed by atoms with Crippen LogP contribution in [0, 0.1) is 0 Å². The summed E-state index contributed by atoms with van der Waals surface area (Å²) >= 11 is 0. The minimum atomic E-state index is 0.0407. The Bertz CT molecular complexity index is 578. The van der Waals surface area contributed by atoms with Crippen molar-refractivity contribution < 1.29 is 9.84 Å². The van der Waals surface area contributed by atoms with Gasteiger partial charge in [-0.15, -0.1) is 0 Å². The molecule has 2 aromatic carbocycles. The number of hydrogen-bond donors (Lipinski definition) is 2. The molecular weight excluding hydrogens is 238 g/mol. The molecule has 2 N–H and O–H groups in total. The van der Waals surface area contributed by atoms with E-state index < -0.39 is 0 Å². The van der Waals surface area contributed by atoms with Crippen LogP contribution >= 0.6 is 0 Å². The number of methoxy groups -OCH3 is 1. The van der Waals surface area contributed by atoms with Gasteiger partial charge in [0.1, 0.15) is 5.75 Å². The Hall–Kier alpha value is -1.58. The molecule has 1 atom stereocenters. The lowest BCUT2D eigenvalue weighted by Crippen LogP contribution is -2.26. The fraction of sp³-hybridized carbons (Fsp3) is 0.375. The maximum Gasteiger partial charge on any atom is 0.119 e. The van der Waals surface area contributed by atoms with Gasteiger partial charge in [-0.05, 0) is 47.4 Å². The maximum atomic E-state index is 9.53. The number of aliphatic hydroxyl groups is 1. The first-order valence-electron chi connectivity index (χ1n) is 6.75. The van der Waals surface area contributed by atoms with Crippen molar-refractivity contribution in [3.63, 3.8) is 0 Å². The molecule has 0 amide bonds. The molecule has 1 unspecified atom stereocenters. The van der Waals surface area contributed by atoms with Crippen LogP contribution in [0.15, 0.2) is 36.4 Å². The summed E-state index contributed by atoms with van der Waals surface area (Å²) < 4.78 is 5.23. The molecule has 0 aliphatic heterocycles. The van der Waals surface area contributed by atoms with Crippen molar-refractivity contribution in [2.24, 2.45) is 0 Å². The van der Waals surface area contributed by atoms with E-state index in [1.54, 1.807) is 7.11 Å². The van der Waals surface area contributed by atoms with Gasteiger partial charge in [-0.25, -0.2) is 0 Å². The lowest BCUT2D eigenvalue weighted by atomic mass is 10.0. The summed E-state index contributed by atoms with van der Waals surface area (Å²) in [6.45, 7) is 0.137. The van der Waals surface area contributed by atoms with E-state index in [9.17, 15) is 5.11 Å². The van der Waals surface area contributed by atoms with E-state index in [1.807, 2.05) is 12.1 Å². The molecule has 0 spiro atoms. The largest absolute Gasteiger partial charge is 0.497 e. The molecule has 0 bridgehead atoms. The van der Waals surface area contributed by atoms with E-state index in [-0.39, 0.29) is 12.6 Å². The Labute approximate surface area is 113 Å². The molecule has 2 aromatic rings. The summed E-state index contributed by atoms with van der Waals surface area (Å²) in [7, 11) is 1.68. The van der Waals surface area contributed by atoms with Crippen molar-refractivity contribution >= 4 is 10.8 Å². The standard InChI is InChI=1S/C16H19NO2/c1-19-15-7-4-11-8-13(3-2-12(11)9-15)16(10-18)17-14-5-6-14/h2-4,7-9,14,16-18H,5-6,10H2,1H3. The first kappa shape index (κ1) is 12.5. The lowest BCUT2D eigenvalue weighted by molar-refractivity contribution is 0.243. The van der Waals surface area contributed by atoms with Crippen LogP contribution < -0.4 is 10.1 Å². The number of ether oxygens (including phenoxy) is 1. The minimum absolute atomic E-state index is 0.0407. The quantitative estimate of drug-likeness (QED) is 0.865. The molecule has 0 saturated heterocycles. The van der Waals surface area contributed by atoms with Gasteiger partial charge in [0.05, 0.1) is 19.8 Å². The number of hydrogen-bond acceptors (Lipinski definition) is 3. The van der Waals surface area contributed by atoms with Crippen LogP contribution in [0.25, 0.3) is 10.8 Å². The monoisotopic (exact) mass is 257 g/mol. The molecule has 1 aliphatic carbocycles. The number of rotatable bonds is 5. The highest BCUT2D eigenvalue weighted by Crippen LogP contribution is 2.27. The number of nitrogens with one attached hydrogen (secondary N) is 1. The zero-order chi connectivity index (χ0) is 13.2. The van der Waals surface area contributed by atoms with Gasteiger partial charge in [0.15, 0.2) is 0 Å². The third kappa shape index (κ3) is 2.72. The van der Waals surface area contributed by atoms with Gasteiger partial charge in [-0.3, -0.25) is 0 Å². The second-order valence-corrected chi connectivity index (χ2v) is 5.15. The molecule has 3 heteroatoms. The van der Waals surface area contributed by atoms with Crippen LogP contribution in [-0.2, 0) is 0 Å². The smallest absolute Gasteiger partial charge is 0.119 e. The van der Waals surface area contributed by atoms with E-state index in [2.05, 4.69) is 29.6 Å². The predicted octanol–water partition coefficient (Wildman–Crippen LogP) is 2.63. The highest BCUT2D eigenvalue weighted by Gasteiger charge is 2.24. The summed E-state index contributed by atoms with van der Waals surface area (Å²) in [6.07, 6.45) is 2.45. The molecular formula is C16H19NO2. The molecule has 1 aliphatic rings. The average Bonchev–Trinajstić information content (AvgIpc) is 3.27. The van der Waals surface area contributed by atoms with E-state index in [4.69, 9.17) is 4.74 Å². The summed E-state index contributed by atoms with van der Waals surface area (Å²) in [5.74, 6) is 0.870. The van der Waals surface area contributed by atoms with Crippen LogP contribution in [0.1, 0.15) is 24.4 Å². The number of fused-ring (bicyclic) bond motifs is 1. The fourth-order valence-electron chi connectivity index (χ4n) is 2.37. The van der Waals surface area contributed by atoms with E-state index in [0.29, 0.717) is 6.04 Å². The first-order valence-corrected chi connectivity index (χ1v) is 6.75. The van der Waals surface area contributed by atoms with Gasteiger partial charge >= 0.3 is 0 Å². The molecule has 19 heavy (non-hydrogen) atoms. The Morgan fingerprint density at radius 3 is 2.63 bits per heavy atom. The summed E-state index contributed by atoms with van der Waals surface area (Å²) in [4.78, 5) is 0. The summed E-state index contributed by atoms with van der Waals surface area (Å²) in [5.41, 5.74) is 1.15. The zero-order valence-electron chi connectivity index (χ0n) is 11.1. The lowest BCUT2D eigenvalue weighted by Gasteiger charge is -2.17. The van der Waals surface area contributed by atoms with Crippen LogP contribution in [0.5, 0.6) is 5.75 Å². The topological polar surface area (TPSA) is 41.5 Å². The van der Waals surface area contributed by atoms with Crippen molar-refractivity contribution in [3.8, 4) is 5.75 Å². The molecule has 3 rings (SSSR count). The third-order valence-corrected chi connectivity index (χ3v) is 3.67. The Morgan fingerprint density at radius 2 is 1.95 bits per heavy atom.